The fourth-order valence-electron chi connectivity index (χ4n) is 1.71. The number of ether oxygens (including phenoxy) is 1. The Bertz CT molecular complexity index is 281. The van der Waals surface area contributed by atoms with Crippen molar-refractivity contribution in [3.8, 4) is 0 Å². The minimum absolute atomic E-state index is 0.258. The van der Waals surface area contributed by atoms with E-state index >= 15 is 0 Å². The fourth-order valence-corrected chi connectivity index (χ4v) is 2.10. The largest absolute Gasteiger partial charge is 0.387 e. The van der Waals surface area contributed by atoms with Crippen LogP contribution in [-0.4, -0.2) is 47.0 Å². The van der Waals surface area contributed by atoms with E-state index in [1.54, 1.807) is 7.85 Å². The summed E-state index contributed by atoms with van der Waals surface area (Å²) in [6.07, 6.45) is -2.70. The van der Waals surface area contributed by atoms with Crippen LogP contribution in [0.2, 0.25) is 5.82 Å². The molecular weight excluding hydrogens is 225 g/mol. The topological polar surface area (TPSA) is 87.0 Å². The van der Waals surface area contributed by atoms with Gasteiger partial charge < -0.3 is 19.6 Å². The Balaban J connectivity index is 2.57. The van der Waals surface area contributed by atoms with Gasteiger partial charge in [-0.1, -0.05) is 0 Å². The van der Waals surface area contributed by atoms with Crippen molar-refractivity contribution in [3.63, 3.8) is 0 Å². The molecule has 0 bridgehead atoms. The van der Waals surface area contributed by atoms with Crippen LogP contribution in [0, 0.1) is 0 Å². The number of aliphatic hydroxyl groups excluding tert-OH is 1. The Hall–Kier alpha value is 0.0649. The summed E-state index contributed by atoms with van der Waals surface area (Å²) in [4.78, 5) is 17.1. The van der Waals surface area contributed by atoms with Crippen LogP contribution in [0.3, 0.4) is 0 Å². The molecule has 0 aromatic carbocycles. The normalized spacial score (nSPS) is 42.1. The summed E-state index contributed by atoms with van der Waals surface area (Å²) in [5.74, 6) is -0.394. The lowest BCUT2D eigenvalue weighted by atomic mass is 9.77. The Morgan fingerprint density at radius 3 is 2.53 bits per heavy atom. The molecule has 0 aromatic rings. The Labute approximate surface area is 88.2 Å². The maximum atomic E-state index is 13.7. The first kappa shape index (κ1) is 13.1. The van der Waals surface area contributed by atoms with Crippen molar-refractivity contribution in [3.05, 3.63) is 0 Å². The minimum Gasteiger partial charge on any atom is -0.387 e. The lowest BCUT2D eigenvalue weighted by molar-refractivity contribution is -0.0548. The molecule has 0 aliphatic heterocycles. The van der Waals surface area contributed by atoms with Gasteiger partial charge in [-0.15, -0.1) is 0 Å². The average Bonchev–Trinajstić information content (AvgIpc) is 2.25. The zero-order valence-corrected chi connectivity index (χ0v) is 9.52. The molecule has 15 heavy (non-hydrogen) atoms. The van der Waals surface area contributed by atoms with E-state index in [9.17, 15) is 14.1 Å². The van der Waals surface area contributed by atoms with Gasteiger partial charge in [0.05, 0.1) is 6.10 Å². The maximum Gasteiger partial charge on any atom is 0.350 e. The molecule has 88 valence electrons. The molecule has 5 nitrogen and oxygen atoms in total. The molecule has 1 fully saturated rings. The predicted octanol–water partition coefficient (Wildman–Crippen LogP) is -0.579. The lowest BCUT2D eigenvalue weighted by Gasteiger charge is -2.24. The molecule has 0 amide bonds. The highest BCUT2D eigenvalue weighted by Gasteiger charge is 2.50. The first-order valence-electron chi connectivity index (χ1n) is 4.67. The van der Waals surface area contributed by atoms with E-state index in [1.807, 2.05) is 0 Å². The van der Waals surface area contributed by atoms with E-state index in [-0.39, 0.29) is 6.42 Å². The average molecular weight is 240 g/mol. The van der Waals surface area contributed by atoms with Gasteiger partial charge in [0.2, 0.25) is 0 Å². The first-order chi connectivity index (χ1) is 6.64. The highest BCUT2D eigenvalue weighted by Crippen LogP contribution is 2.44. The monoisotopic (exact) mass is 240 g/mol. The fraction of sp³-hybridized carbons (Fsp3) is 1.00. The molecule has 0 radical (unpaired) electrons. The molecule has 3 N–H and O–H groups in total. The van der Waals surface area contributed by atoms with Gasteiger partial charge in [-0.2, -0.15) is 0 Å². The van der Waals surface area contributed by atoms with Gasteiger partial charge in [0.25, 0.3) is 0 Å². The summed E-state index contributed by atoms with van der Waals surface area (Å²) in [5, 5.41) is 9.53. The highest BCUT2D eigenvalue weighted by molar-refractivity contribution is 7.51. The van der Waals surface area contributed by atoms with Gasteiger partial charge in [-0.25, -0.2) is 4.39 Å². The Morgan fingerprint density at radius 1 is 1.67 bits per heavy atom. The molecule has 0 aromatic heterocycles. The lowest BCUT2D eigenvalue weighted by Crippen LogP contribution is -2.38. The number of hydrogen-bond donors (Lipinski definition) is 3. The number of alkyl halides is 1. The number of hydrogen-bond acceptors (Lipinski definition) is 3. The van der Waals surface area contributed by atoms with Crippen LogP contribution in [-0.2, 0) is 9.30 Å². The van der Waals surface area contributed by atoms with Crippen LogP contribution in [0.4, 0.5) is 4.39 Å². The van der Waals surface area contributed by atoms with Gasteiger partial charge in [0.15, 0.2) is 0 Å². The Morgan fingerprint density at radius 2 is 2.20 bits per heavy atom. The van der Waals surface area contributed by atoms with E-state index < -0.39 is 37.6 Å². The molecule has 0 spiro atoms. The summed E-state index contributed by atoms with van der Waals surface area (Å²) < 4.78 is 29.1. The highest BCUT2D eigenvalue weighted by atomic mass is 31.2. The van der Waals surface area contributed by atoms with Crippen LogP contribution >= 0.6 is 7.60 Å². The van der Waals surface area contributed by atoms with Crippen LogP contribution in [0.1, 0.15) is 13.3 Å². The van der Waals surface area contributed by atoms with Gasteiger partial charge in [0, 0.05) is 0 Å². The first-order valence-corrected chi connectivity index (χ1v) is 6.47. The Kier molecular flexibility index (Phi) is 3.63. The van der Waals surface area contributed by atoms with Crippen LogP contribution < -0.4 is 0 Å². The predicted molar refractivity (Wildman–Crippen MR) is 54.2 cm³/mol. The van der Waals surface area contributed by atoms with E-state index in [0.717, 1.165) is 0 Å². The van der Waals surface area contributed by atoms with Gasteiger partial charge in [-0.3, -0.25) is 4.57 Å². The second kappa shape index (κ2) is 4.15. The second-order valence-electron chi connectivity index (χ2n) is 4.23. The van der Waals surface area contributed by atoms with Crippen LogP contribution in [0.15, 0.2) is 0 Å². The third-order valence-corrected chi connectivity index (χ3v) is 3.42. The molecule has 0 saturated heterocycles. The maximum absolute atomic E-state index is 13.7. The standard InChI is InChI=1S/C7H15BFO5P/c1-7(9)5(8)2-4(6(7)10)14-3-15(11,12)13/h4-6,10H,2-3,8H2,1H3,(H2,11,12,13). The van der Waals surface area contributed by atoms with Gasteiger partial charge >= 0.3 is 7.60 Å². The van der Waals surface area contributed by atoms with E-state index in [4.69, 9.17) is 14.5 Å². The van der Waals surface area contributed by atoms with Gasteiger partial charge in [-0.05, 0) is 19.2 Å². The smallest absolute Gasteiger partial charge is 0.350 e. The van der Waals surface area contributed by atoms with Crippen molar-refractivity contribution in [1.29, 1.82) is 0 Å². The summed E-state index contributed by atoms with van der Waals surface area (Å²) in [6, 6.07) is 0. The van der Waals surface area contributed by atoms with Crippen molar-refractivity contribution in [2.24, 2.45) is 0 Å². The van der Waals surface area contributed by atoms with Crippen LogP contribution in [0.25, 0.3) is 0 Å². The molecule has 4 unspecified atom stereocenters. The molecule has 1 rings (SSSR count). The van der Waals surface area contributed by atoms with E-state index in [0.29, 0.717) is 0 Å². The number of aliphatic hydroxyl groups is 1. The van der Waals surface area contributed by atoms with Gasteiger partial charge in [0.1, 0.15) is 26.0 Å². The third kappa shape index (κ3) is 3.01. The second-order valence-corrected chi connectivity index (χ2v) is 5.82. The van der Waals surface area contributed by atoms with E-state index in [1.165, 1.54) is 6.92 Å². The molecule has 8 heteroatoms. The molecule has 1 aliphatic rings. The molecule has 0 heterocycles. The molecule has 4 atom stereocenters. The van der Waals surface area contributed by atoms with E-state index in [2.05, 4.69) is 0 Å². The quantitative estimate of drug-likeness (QED) is 0.453. The van der Waals surface area contributed by atoms with Crippen molar-refractivity contribution in [2.45, 2.75) is 37.0 Å². The summed E-state index contributed by atoms with van der Waals surface area (Å²) in [5.41, 5.74) is -1.76. The van der Waals surface area contributed by atoms with Crippen molar-refractivity contribution in [1.82, 2.24) is 0 Å². The third-order valence-electron chi connectivity index (χ3n) is 2.94. The minimum atomic E-state index is -4.26. The van der Waals surface area contributed by atoms with Crippen molar-refractivity contribution in [2.75, 3.05) is 6.35 Å². The summed E-state index contributed by atoms with van der Waals surface area (Å²) in [7, 11) is -2.63. The van der Waals surface area contributed by atoms with Crippen molar-refractivity contribution >= 4 is 15.4 Å². The number of halogens is 1. The molecular formula is C7H15BFO5P. The van der Waals surface area contributed by atoms with Crippen molar-refractivity contribution < 1.29 is 28.6 Å². The zero-order valence-electron chi connectivity index (χ0n) is 8.63. The number of rotatable bonds is 3. The summed E-state index contributed by atoms with van der Waals surface area (Å²) in [6.45, 7) is 1.27. The molecule has 1 saturated carbocycles. The zero-order chi connectivity index (χ0) is 11.9. The molecule has 1 aliphatic carbocycles. The summed E-state index contributed by atoms with van der Waals surface area (Å²) >= 11 is 0. The SMILES string of the molecule is BC1CC(OCP(=O)(O)O)C(O)C1(C)F. The van der Waals surface area contributed by atoms with Crippen LogP contribution in [0.5, 0.6) is 0 Å².